The second kappa shape index (κ2) is 14.3. The Morgan fingerprint density at radius 2 is 1.14 bits per heavy atom. The maximum Gasteiger partial charge on any atom is 0.305 e. The lowest BCUT2D eigenvalue weighted by Gasteiger charge is -2.07. The van der Waals surface area contributed by atoms with Crippen molar-refractivity contribution in [3.05, 3.63) is 0 Å². The summed E-state index contributed by atoms with van der Waals surface area (Å²) in [6.45, 7) is 1.85. The monoisotopic (exact) mass is 302 g/mol. The fourth-order valence-electron chi connectivity index (χ4n) is 2.54. The van der Waals surface area contributed by atoms with Gasteiger partial charge in [-0.05, 0) is 19.8 Å². The fraction of sp³-hybridized carbons (Fsp3) is 0.941. The Morgan fingerprint density at radius 3 is 1.52 bits per heavy atom. The SMILES string of the molecule is C[C@@H](O)CCCCCCCCCCCC[C@@H](O)CC(=O)O. The third-order valence-corrected chi connectivity index (χ3v) is 3.82. The summed E-state index contributed by atoms with van der Waals surface area (Å²) in [7, 11) is 0. The molecular weight excluding hydrogens is 268 g/mol. The fourth-order valence-corrected chi connectivity index (χ4v) is 2.54. The van der Waals surface area contributed by atoms with Crippen LogP contribution in [0.5, 0.6) is 0 Å². The molecule has 126 valence electrons. The van der Waals surface area contributed by atoms with E-state index < -0.39 is 12.1 Å². The van der Waals surface area contributed by atoms with Gasteiger partial charge in [0, 0.05) is 0 Å². The molecule has 0 aliphatic heterocycles. The number of hydrogen-bond donors (Lipinski definition) is 3. The van der Waals surface area contributed by atoms with Crippen LogP contribution in [-0.2, 0) is 4.79 Å². The summed E-state index contributed by atoms with van der Waals surface area (Å²) in [6.07, 6.45) is 12.5. The summed E-state index contributed by atoms with van der Waals surface area (Å²) in [4.78, 5) is 10.4. The Morgan fingerprint density at radius 1 is 0.762 bits per heavy atom. The Labute approximate surface area is 129 Å². The van der Waals surface area contributed by atoms with Crippen LogP contribution in [0.3, 0.4) is 0 Å². The maximum atomic E-state index is 10.4. The van der Waals surface area contributed by atoms with Gasteiger partial charge in [-0.25, -0.2) is 0 Å². The van der Waals surface area contributed by atoms with Crippen molar-refractivity contribution in [2.24, 2.45) is 0 Å². The second-order valence-electron chi connectivity index (χ2n) is 6.21. The zero-order valence-corrected chi connectivity index (χ0v) is 13.6. The summed E-state index contributed by atoms with van der Waals surface area (Å²) < 4.78 is 0. The molecule has 0 radical (unpaired) electrons. The molecule has 0 rings (SSSR count). The molecule has 4 heteroatoms. The molecule has 3 N–H and O–H groups in total. The minimum absolute atomic E-state index is 0.130. The van der Waals surface area contributed by atoms with E-state index in [0.29, 0.717) is 6.42 Å². The van der Waals surface area contributed by atoms with Gasteiger partial charge < -0.3 is 15.3 Å². The van der Waals surface area contributed by atoms with Crippen molar-refractivity contribution < 1.29 is 20.1 Å². The van der Waals surface area contributed by atoms with E-state index in [9.17, 15) is 9.90 Å². The number of aliphatic hydroxyl groups is 2. The number of aliphatic carboxylic acids is 1. The molecule has 21 heavy (non-hydrogen) atoms. The van der Waals surface area contributed by atoms with Crippen molar-refractivity contribution in [3.63, 3.8) is 0 Å². The van der Waals surface area contributed by atoms with E-state index >= 15 is 0 Å². The standard InChI is InChI=1S/C17H34O4/c1-15(18)12-10-8-6-4-2-3-5-7-9-11-13-16(19)14-17(20)21/h15-16,18-19H,2-14H2,1H3,(H,20,21)/t15-,16-/m1/s1. The average molecular weight is 302 g/mol. The van der Waals surface area contributed by atoms with Crippen LogP contribution in [0, 0.1) is 0 Å². The van der Waals surface area contributed by atoms with Crippen LogP contribution in [0.15, 0.2) is 0 Å². The Bertz CT molecular complexity index is 241. The molecule has 0 amide bonds. The first kappa shape index (κ1) is 20.4. The molecule has 0 bridgehead atoms. The molecule has 4 nitrogen and oxygen atoms in total. The molecule has 0 fully saturated rings. The van der Waals surface area contributed by atoms with Crippen LogP contribution >= 0.6 is 0 Å². The van der Waals surface area contributed by atoms with Gasteiger partial charge in [0.05, 0.1) is 18.6 Å². The molecule has 0 aromatic heterocycles. The van der Waals surface area contributed by atoms with E-state index in [1.165, 1.54) is 44.9 Å². The molecule has 0 saturated heterocycles. The maximum absolute atomic E-state index is 10.4. The quantitative estimate of drug-likeness (QED) is 0.401. The number of carbonyl (C=O) groups is 1. The van der Waals surface area contributed by atoms with Crippen molar-refractivity contribution >= 4 is 5.97 Å². The Kier molecular flexibility index (Phi) is 13.9. The van der Waals surface area contributed by atoms with Gasteiger partial charge in [0.25, 0.3) is 0 Å². The molecule has 0 aromatic rings. The molecule has 0 aliphatic carbocycles. The normalized spacial score (nSPS) is 14.0. The van der Waals surface area contributed by atoms with Crippen LogP contribution in [0.25, 0.3) is 0 Å². The van der Waals surface area contributed by atoms with E-state index in [1.54, 1.807) is 0 Å². The van der Waals surface area contributed by atoms with Crippen LogP contribution in [0.2, 0.25) is 0 Å². The van der Waals surface area contributed by atoms with Gasteiger partial charge in [0.1, 0.15) is 0 Å². The van der Waals surface area contributed by atoms with Gasteiger partial charge in [0.15, 0.2) is 0 Å². The molecule has 0 heterocycles. The Balaban J connectivity index is 3.10. The largest absolute Gasteiger partial charge is 0.481 e. The van der Waals surface area contributed by atoms with Gasteiger partial charge in [-0.15, -0.1) is 0 Å². The number of carboxylic acid groups (broad SMARTS) is 1. The predicted molar refractivity (Wildman–Crippen MR) is 85.3 cm³/mol. The molecule has 2 atom stereocenters. The molecule has 0 spiro atoms. The first-order valence-electron chi connectivity index (χ1n) is 8.60. The lowest BCUT2D eigenvalue weighted by molar-refractivity contribution is -0.139. The van der Waals surface area contributed by atoms with Gasteiger partial charge in [-0.3, -0.25) is 4.79 Å². The third-order valence-electron chi connectivity index (χ3n) is 3.82. The lowest BCUT2D eigenvalue weighted by Crippen LogP contribution is -2.12. The van der Waals surface area contributed by atoms with E-state index in [0.717, 1.165) is 25.7 Å². The smallest absolute Gasteiger partial charge is 0.305 e. The van der Waals surface area contributed by atoms with E-state index in [1.807, 2.05) is 6.92 Å². The summed E-state index contributed by atoms with van der Waals surface area (Å²) >= 11 is 0. The lowest BCUT2D eigenvalue weighted by atomic mass is 10.0. The topological polar surface area (TPSA) is 77.8 Å². The summed E-state index contributed by atoms with van der Waals surface area (Å²) in [6, 6.07) is 0. The van der Waals surface area contributed by atoms with Crippen molar-refractivity contribution in [3.8, 4) is 0 Å². The van der Waals surface area contributed by atoms with Crippen molar-refractivity contribution in [1.82, 2.24) is 0 Å². The van der Waals surface area contributed by atoms with Gasteiger partial charge in [-0.1, -0.05) is 64.2 Å². The molecular formula is C17H34O4. The predicted octanol–water partition coefficient (Wildman–Crippen LogP) is 3.88. The van der Waals surface area contributed by atoms with E-state index in [4.69, 9.17) is 10.2 Å². The average Bonchev–Trinajstić information content (AvgIpc) is 2.38. The zero-order chi connectivity index (χ0) is 15.9. The number of aliphatic hydroxyl groups excluding tert-OH is 2. The number of unbranched alkanes of at least 4 members (excludes halogenated alkanes) is 9. The second-order valence-corrected chi connectivity index (χ2v) is 6.21. The number of carboxylic acids is 1. The van der Waals surface area contributed by atoms with Crippen LogP contribution < -0.4 is 0 Å². The van der Waals surface area contributed by atoms with Crippen LogP contribution in [0.4, 0.5) is 0 Å². The third kappa shape index (κ3) is 17.3. The number of rotatable bonds is 15. The van der Waals surface area contributed by atoms with E-state index in [2.05, 4.69) is 0 Å². The molecule has 0 saturated carbocycles. The molecule has 0 aliphatic rings. The minimum Gasteiger partial charge on any atom is -0.481 e. The molecule has 0 unspecified atom stereocenters. The number of hydrogen-bond acceptors (Lipinski definition) is 3. The molecule has 0 aromatic carbocycles. The highest BCUT2D eigenvalue weighted by molar-refractivity contribution is 5.67. The summed E-state index contributed by atoms with van der Waals surface area (Å²) in [5.74, 6) is -0.920. The first-order chi connectivity index (χ1) is 10.0. The summed E-state index contributed by atoms with van der Waals surface area (Å²) in [5.41, 5.74) is 0. The minimum atomic E-state index is -0.920. The van der Waals surface area contributed by atoms with Crippen molar-refractivity contribution in [2.75, 3.05) is 0 Å². The highest BCUT2D eigenvalue weighted by Gasteiger charge is 2.08. The van der Waals surface area contributed by atoms with Crippen LogP contribution in [0.1, 0.15) is 90.4 Å². The first-order valence-corrected chi connectivity index (χ1v) is 8.60. The van der Waals surface area contributed by atoms with Gasteiger partial charge in [0.2, 0.25) is 0 Å². The summed E-state index contributed by atoms with van der Waals surface area (Å²) in [5, 5.41) is 27.0. The van der Waals surface area contributed by atoms with Gasteiger partial charge >= 0.3 is 5.97 Å². The zero-order valence-electron chi connectivity index (χ0n) is 13.6. The van der Waals surface area contributed by atoms with E-state index in [-0.39, 0.29) is 12.5 Å². The van der Waals surface area contributed by atoms with Crippen LogP contribution in [-0.4, -0.2) is 33.5 Å². The Hall–Kier alpha value is -0.610. The van der Waals surface area contributed by atoms with Crippen molar-refractivity contribution in [2.45, 2.75) is 103 Å². The van der Waals surface area contributed by atoms with Gasteiger partial charge in [-0.2, -0.15) is 0 Å². The van der Waals surface area contributed by atoms with Crippen molar-refractivity contribution in [1.29, 1.82) is 0 Å². The highest BCUT2D eigenvalue weighted by atomic mass is 16.4. The highest BCUT2D eigenvalue weighted by Crippen LogP contribution is 2.13.